The van der Waals surface area contributed by atoms with Crippen molar-refractivity contribution in [3.05, 3.63) is 48.0 Å². The first-order valence-corrected chi connectivity index (χ1v) is 9.67. The van der Waals surface area contributed by atoms with Crippen molar-refractivity contribution < 1.29 is 24.2 Å². The van der Waals surface area contributed by atoms with E-state index in [0.717, 1.165) is 17.7 Å². The van der Waals surface area contributed by atoms with Gasteiger partial charge in [-0.05, 0) is 31.0 Å². The van der Waals surface area contributed by atoms with Crippen LogP contribution in [-0.2, 0) is 9.59 Å². The standard InChI is InChI=1S/C22H24N2O5/c23-18-13-16(29-15-8-4-3-5-9-15)12-17(22(18)28)19(25)14-24-20(26)10-6-1-2-7-11-21(24)27/h3-5,8-9,12-13,28H,1-2,6-7,10-11,14,23H2. The Balaban J connectivity index is 1.83. The average molecular weight is 396 g/mol. The van der Waals surface area contributed by atoms with Gasteiger partial charge < -0.3 is 15.6 Å². The summed E-state index contributed by atoms with van der Waals surface area (Å²) in [6.07, 6.45) is 3.60. The van der Waals surface area contributed by atoms with Gasteiger partial charge in [0, 0.05) is 18.9 Å². The number of phenolic OH excluding ortho intramolecular Hbond substituents is 1. The fourth-order valence-electron chi connectivity index (χ4n) is 3.25. The number of ether oxygens (including phenoxy) is 1. The number of phenols is 1. The van der Waals surface area contributed by atoms with Crippen molar-refractivity contribution in [3.8, 4) is 17.2 Å². The van der Waals surface area contributed by atoms with E-state index in [1.165, 1.54) is 12.1 Å². The zero-order chi connectivity index (χ0) is 20.8. The van der Waals surface area contributed by atoms with E-state index in [4.69, 9.17) is 10.5 Å². The Bertz CT molecular complexity index is 891. The molecule has 0 unspecified atom stereocenters. The number of imide groups is 1. The van der Waals surface area contributed by atoms with Gasteiger partial charge in [-0.1, -0.05) is 31.0 Å². The quantitative estimate of drug-likeness (QED) is 0.345. The molecular weight excluding hydrogens is 372 g/mol. The van der Waals surface area contributed by atoms with Crippen molar-refractivity contribution >= 4 is 23.3 Å². The van der Waals surface area contributed by atoms with Gasteiger partial charge in [0.05, 0.1) is 17.8 Å². The maximum atomic E-state index is 12.8. The van der Waals surface area contributed by atoms with Crippen molar-refractivity contribution in [1.29, 1.82) is 0 Å². The molecule has 1 saturated heterocycles. The molecule has 152 valence electrons. The van der Waals surface area contributed by atoms with Gasteiger partial charge in [-0.25, -0.2) is 0 Å². The van der Waals surface area contributed by atoms with Crippen molar-refractivity contribution in [1.82, 2.24) is 4.90 Å². The number of carbonyl (C=O) groups is 3. The molecule has 1 heterocycles. The predicted molar refractivity (Wildman–Crippen MR) is 108 cm³/mol. The van der Waals surface area contributed by atoms with Gasteiger partial charge in [0.2, 0.25) is 11.8 Å². The molecule has 3 rings (SSSR count). The Kier molecular flexibility index (Phi) is 6.49. The zero-order valence-corrected chi connectivity index (χ0v) is 16.1. The number of Topliss-reactive ketones (excluding diaryl/α,β-unsaturated/α-hetero) is 1. The summed E-state index contributed by atoms with van der Waals surface area (Å²) in [5.74, 6) is -0.879. The monoisotopic (exact) mass is 396 g/mol. The smallest absolute Gasteiger partial charge is 0.229 e. The molecule has 0 aromatic heterocycles. The van der Waals surface area contributed by atoms with Crippen LogP contribution in [0.3, 0.4) is 0 Å². The number of nitrogens with zero attached hydrogens (tertiary/aromatic N) is 1. The molecule has 1 aliphatic heterocycles. The lowest BCUT2D eigenvalue weighted by atomic mass is 10.1. The predicted octanol–water partition coefficient (Wildman–Crippen LogP) is 3.66. The van der Waals surface area contributed by atoms with E-state index in [0.29, 0.717) is 18.6 Å². The third-order valence-electron chi connectivity index (χ3n) is 4.83. The minimum absolute atomic E-state index is 0.0242. The van der Waals surface area contributed by atoms with Gasteiger partial charge >= 0.3 is 0 Å². The van der Waals surface area contributed by atoms with Crippen LogP contribution in [0.5, 0.6) is 17.2 Å². The van der Waals surface area contributed by atoms with Crippen LogP contribution in [0.2, 0.25) is 0 Å². The number of anilines is 1. The molecule has 7 nitrogen and oxygen atoms in total. The van der Waals surface area contributed by atoms with Crippen LogP contribution in [-0.4, -0.2) is 34.1 Å². The molecule has 7 heteroatoms. The number of benzene rings is 2. The molecule has 29 heavy (non-hydrogen) atoms. The third-order valence-corrected chi connectivity index (χ3v) is 4.83. The van der Waals surface area contributed by atoms with E-state index in [1.807, 2.05) is 6.07 Å². The summed E-state index contributed by atoms with van der Waals surface area (Å²) in [7, 11) is 0. The van der Waals surface area contributed by atoms with E-state index in [9.17, 15) is 19.5 Å². The topological polar surface area (TPSA) is 110 Å². The molecule has 0 bridgehead atoms. The Morgan fingerprint density at radius 2 is 1.59 bits per heavy atom. The van der Waals surface area contributed by atoms with Crippen LogP contribution in [0, 0.1) is 0 Å². The lowest BCUT2D eigenvalue weighted by Crippen LogP contribution is -2.40. The number of nitrogen functional groups attached to an aromatic ring is 1. The maximum Gasteiger partial charge on any atom is 0.229 e. The molecule has 2 aromatic carbocycles. The number of para-hydroxylation sites is 1. The molecule has 0 saturated carbocycles. The van der Waals surface area contributed by atoms with Crippen LogP contribution in [0.1, 0.15) is 48.9 Å². The van der Waals surface area contributed by atoms with Gasteiger partial charge in [0.1, 0.15) is 17.2 Å². The van der Waals surface area contributed by atoms with Gasteiger partial charge in [-0.15, -0.1) is 0 Å². The van der Waals surface area contributed by atoms with Gasteiger partial charge in [-0.2, -0.15) is 0 Å². The first-order chi connectivity index (χ1) is 14.0. The number of amides is 2. The Morgan fingerprint density at radius 3 is 2.21 bits per heavy atom. The highest BCUT2D eigenvalue weighted by atomic mass is 16.5. The fraction of sp³-hybridized carbons (Fsp3) is 0.318. The molecule has 0 spiro atoms. The van der Waals surface area contributed by atoms with Crippen molar-refractivity contribution in [2.45, 2.75) is 38.5 Å². The Labute approximate surface area is 169 Å². The van der Waals surface area contributed by atoms with E-state index in [1.54, 1.807) is 24.3 Å². The minimum atomic E-state index is -0.575. The Hall–Kier alpha value is -3.35. The molecule has 2 aromatic rings. The zero-order valence-electron chi connectivity index (χ0n) is 16.1. The highest BCUT2D eigenvalue weighted by Crippen LogP contribution is 2.33. The number of carbonyl (C=O) groups excluding carboxylic acids is 3. The average Bonchev–Trinajstić information content (AvgIpc) is 2.78. The molecule has 2 amide bonds. The van der Waals surface area contributed by atoms with Crippen LogP contribution in [0.25, 0.3) is 0 Å². The van der Waals surface area contributed by atoms with E-state index in [-0.39, 0.29) is 47.4 Å². The lowest BCUT2D eigenvalue weighted by molar-refractivity contribution is -0.144. The molecule has 3 N–H and O–H groups in total. The van der Waals surface area contributed by atoms with Crippen molar-refractivity contribution in [2.75, 3.05) is 12.3 Å². The summed E-state index contributed by atoms with van der Waals surface area (Å²) in [4.78, 5) is 38.6. The summed E-state index contributed by atoms with van der Waals surface area (Å²) in [5.41, 5.74) is 5.73. The number of ketones is 1. The summed E-state index contributed by atoms with van der Waals surface area (Å²) in [6, 6.07) is 11.7. The second-order valence-electron chi connectivity index (χ2n) is 7.03. The third kappa shape index (κ3) is 5.13. The summed E-state index contributed by atoms with van der Waals surface area (Å²) >= 11 is 0. The number of hydrogen-bond donors (Lipinski definition) is 2. The van der Waals surface area contributed by atoms with Crippen molar-refractivity contribution in [3.63, 3.8) is 0 Å². The minimum Gasteiger partial charge on any atom is -0.505 e. The summed E-state index contributed by atoms with van der Waals surface area (Å²) < 4.78 is 5.70. The van der Waals surface area contributed by atoms with Crippen LogP contribution >= 0.6 is 0 Å². The largest absolute Gasteiger partial charge is 0.505 e. The number of aromatic hydroxyl groups is 1. The molecule has 1 aliphatic rings. The van der Waals surface area contributed by atoms with Gasteiger partial charge in [0.25, 0.3) is 0 Å². The second-order valence-corrected chi connectivity index (χ2v) is 7.03. The molecule has 1 fully saturated rings. The molecule has 0 radical (unpaired) electrons. The number of hydrogen-bond acceptors (Lipinski definition) is 6. The molecular formula is C22H24N2O5. The van der Waals surface area contributed by atoms with Gasteiger partial charge in [-0.3, -0.25) is 19.3 Å². The SMILES string of the molecule is Nc1cc(Oc2ccccc2)cc(C(=O)CN2C(=O)CCCCCCC2=O)c1O. The first kappa shape index (κ1) is 20.4. The summed E-state index contributed by atoms with van der Waals surface area (Å²) in [5, 5.41) is 10.3. The summed E-state index contributed by atoms with van der Waals surface area (Å²) in [6.45, 7) is -0.431. The van der Waals surface area contributed by atoms with Crippen molar-refractivity contribution in [2.24, 2.45) is 0 Å². The maximum absolute atomic E-state index is 12.8. The number of rotatable bonds is 5. The van der Waals surface area contributed by atoms with E-state index >= 15 is 0 Å². The first-order valence-electron chi connectivity index (χ1n) is 9.67. The van der Waals surface area contributed by atoms with Crippen LogP contribution < -0.4 is 10.5 Å². The fourth-order valence-corrected chi connectivity index (χ4v) is 3.25. The van der Waals surface area contributed by atoms with E-state index in [2.05, 4.69) is 0 Å². The normalized spacial score (nSPS) is 15.4. The van der Waals surface area contributed by atoms with Gasteiger partial charge in [0.15, 0.2) is 5.78 Å². The Morgan fingerprint density at radius 1 is 0.966 bits per heavy atom. The highest BCUT2D eigenvalue weighted by Gasteiger charge is 2.26. The van der Waals surface area contributed by atoms with E-state index < -0.39 is 12.3 Å². The van der Waals surface area contributed by atoms with Crippen LogP contribution in [0.15, 0.2) is 42.5 Å². The number of nitrogens with two attached hydrogens (primary N) is 1. The molecule has 0 atom stereocenters. The van der Waals surface area contributed by atoms with Crippen LogP contribution in [0.4, 0.5) is 5.69 Å². The second kappa shape index (κ2) is 9.23. The molecule has 0 aliphatic carbocycles. The highest BCUT2D eigenvalue weighted by molar-refractivity contribution is 6.06. The lowest BCUT2D eigenvalue weighted by Gasteiger charge is -2.20.